The van der Waals surface area contributed by atoms with Gasteiger partial charge in [0.15, 0.2) is 0 Å². The van der Waals surface area contributed by atoms with E-state index in [4.69, 9.17) is 16.3 Å². The normalized spacial score (nSPS) is 18.3. The zero-order valence-electron chi connectivity index (χ0n) is 12.3. The summed E-state index contributed by atoms with van der Waals surface area (Å²) in [5.41, 5.74) is 2.66. The molecule has 1 aromatic carbocycles. The largest absolute Gasteiger partial charge is 0.376 e. The van der Waals surface area contributed by atoms with Crippen molar-refractivity contribution in [2.75, 3.05) is 13.2 Å². The highest BCUT2D eigenvalue weighted by Crippen LogP contribution is 2.27. The molecule has 1 amide bonds. The smallest absolute Gasteiger partial charge is 0.268 e. The van der Waals surface area contributed by atoms with E-state index in [0.717, 1.165) is 35.9 Å². The molecular weight excluding hydrogens is 288 g/mol. The number of hydrogen-bond acceptors (Lipinski definition) is 2. The van der Waals surface area contributed by atoms with Gasteiger partial charge in [-0.25, -0.2) is 0 Å². The highest BCUT2D eigenvalue weighted by molar-refractivity contribution is 6.31. The third-order valence-electron chi connectivity index (χ3n) is 4.14. The van der Waals surface area contributed by atoms with Crippen LogP contribution in [0, 0.1) is 6.92 Å². The number of rotatable bonds is 3. The van der Waals surface area contributed by atoms with Gasteiger partial charge in [0.05, 0.1) is 6.10 Å². The molecule has 0 spiro atoms. The SMILES string of the molecule is Cc1c(C(=O)NCC2CCCO2)n(C)c2ccc(Cl)cc12. The fraction of sp³-hybridized carbons (Fsp3) is 0.438. The first kappa shape index (κ1) is 14.4. The summed E-state index contributed by atoms with van der Waals surface area (Å²) in [5.74, 6) is -0.0576. The van der Waals surface area contributed by atoms with Gasteiger partial charge < -0.3 is 14.6 Å². The topological polar surface area (TPSA) is 43.3 Å². The van der Waals surface area contributed by atoms with Crippen LogP contribution in [-0.4, -0.2) is 29.7 Å². The van der Waals surface area contributed by atoms with Crippen LogP contribution < -0.4 is 5.32 Å². The van der Waals surface area contributed by atoms with Gasteiger partial charge in [0.2, 0.25) is 0 Å². The molecule has 2 heterocycles. The van der Waals surface area contributed by atoms with Crippen LogP contribution in [0.25, 0.3) is 10.9 Å². The molecule has 5 heteroatoms. The van der Waals surface area contributed by atoms with Gasteiger partial charge in [-0.2, -0.15) is 0 Å². The lowest BCUT2D eigenvalue weighted by Gasteiger charge is -2.12. The first-order valence-corrected chi connectivity index (χ1v) is 7.60. The molecule has 1 atom stereocenters. The minimum absolute atomic E-state index is 0.0576. The average molecular weight is 307 g/mol. The van der Waals surface area contributed by atoms with Crippen LogP contribution >= 0.6 is 11.6 Å². The van der Waals surface area contributed by atoms with Gasteiger partial charge in [0.25, 0.3) is 5.91 Å². The van der Waals surface area contributed by atoms with E-state index in [1.807, 2.05) is 36.7 Å². The molecule has 2 aromatic rings. The van der Waals surface area contributed by atoms with E-state index >= 15 is 0 Å². The third-order valence-corrected chi connectivity index (χ3v) is 4.38. The van der Waals surface area contributed by atoms with Crippen molar-refractivity contribution in [1.82, 2.24) is 9.88 Å². The van der Waals surface area contributed by atoms with E-state index in [1.165, 1.54) is 0 Å². The zero-order valence-corrected chi connectivity index (χ0v) is 13.0. The monoisotopic (exact) mass is 306 g/mol. The Kier molecular flexibility index (Phi) is 3.91. The first-order chi connectivity index (χ1) is 10.1. The second-order valence-electron chi connectivity index (χ2n) is 5.54. The van der Waals surface area contributed by atoms with E-state index in [2.05, 4.69) is 5.32 Å². The Bertz CT molecular complexity index is 687. The number of aromatic nitrogens is 1. The second-order valence-corrected chi connectivity index (χ2v) is 5.98. The van der Waals surface area contributed by atoms with Crippen molar-refractivity contribution in [3.63, 3.8) is 0 Å². The van der Waals surface area contributed by atoms with Crippen LogP contribution in [0.4, 0.5) is 0 Å². The van der Waals surface area contributed by atoms with E-state index in [9.17, 15) is 4.79 Å². The number of fused-ring (bicyclic) bond motifs is 1. The molecular formula is C16H19ClN2O2. The molecule has 4 nitrogen and oxygen atoms in total. The summed E-state index contributed by atoms with van der Waals surface area (Å²) in [5, 5.41) is 4.68. The minimum Gasteiger partial charge on any atom is -0.376 e. The van der Waals surface area contributed by atoms with Crippen molar-refractivity contribution in [3.8, 4) is 0 Å². The molecule has 1 fully saturated rings. The number of ether oxygens (including phenoxy) is 1. The quantitative estimate of drug-likeness (QED) is 0.947. The summed E-state index contributed by atoms with van der Waals surface area (Å²) in [6.07, 6.45) is 2.24. The maximum absolute atomic E-state index is 12.5. The average Bonchev–Trinajstić information content (AvgIpc) is 3.05. The maximum atomic E-state index is 12.5. The molecule has 3 rings (SSSR count). The van der Waals surface area contributed by atoms with Crippen molar-refractivity contribution < 1.29 is 9.53 Å². The molecule has 0 saturated carbocycles. The van der Waals surface area contributed by atoms with Crippen LogP contribution in [0.5, 0.6) is 0 Å². The number of carbonyl (C=O) groups is 1. The Balaban J connectivity index is 1.86. The molecule has 1 aliphatic rings. The molecule has 0 aliphatic carbocycles. The Morgan fingerprint density at radius 2 is 2.33 bits per heavy atom. The van der Waals surface area contributed by atoms with E-state index < -0.39 is 0 Å². The van der Waals surface area contributed by atoms with Crippen LogP contribution in [0.2, 0.25) is 5.02 Å². The summed E-state index contributed by atoms with van der Waals surface area (Å²) in [4.78, 5) is 12.5. The standard InChI is InChI=1S/C16H19ClN2O2/c1-10-13-8-11(17)5-6-14(13)19(2)15(10)16(20)18-9-12-4-3-7-21-12/h5-6,8,12H,3-4,7,9H2,1-2H3,(H,18,20). The number of carbonyl (C=O) groups excluding carboxylic acids is 1. The van der Waals surface area contributed by atoms with E-state index in [0.29, 0.717) is 17.3 Å². The van der Waals surface area contributed by atoms with Gasteiger partial charge in [0, 0.05) is 36.1 Å². The summed E-state index contributed by atoms with van der Waals surface area (Å²) in [6.45, 7) is 3.33. The summed E-state index contributed by atoms with van der Waals surface area (Å²) in [7, 11) is 1.91. The molecule has 21 heavy (non-hydrogen) atoms. The van der Waals surface area contributed by atoms with Crippen LogP contribution in [0.15, 0.2) is 18.2 Å². The zero-order chi connectivity index (χ0) is 15.0. The predicted molar refractivity (Wildman–Crippen MR) is 84.0 cm³/mol. The van der Waals surface area contributed by atoms with Crippen molar-refractivity contribution in [2.24, 2.45) is 7.05 Å². The van der Waals surface area contributed by atoms with Gasteiger partial charge in [-0.3, -0.25) is 4.79 Å². The van der Waals surface area contributed by atoms with E-state index in [-0.39, 0.29) is 12.0 Å². The summed E-state index contributed by atoms with van der Waals surface area (Å²) in [6, 6.07) is 5.70. The third kappa shape index (κ3) is 2.65. The molecule has 0 bridgehead atoms. The second kappa shape index (κ2) is 5.70. The highest BCUT2D eigenvalue weighted by atomic mass is 35.5. The molecule has 1 aromatic heterocycles. The lowest BCUT2D eigenvalue weighted by atomic mass is 10.1. The Morgan fingerprint density at radius 1 is 1.52 bits per heavy atom. The number of halogens is 1. The van der Waals surface area contributed by atoms with Crippen molar-refractivity contribution in [2.45, 2.75) is 25.9 Å². The molecule has 112 valence electrons. The van der Waals surface area contributed by atoms with Gasteiger partial charge >= 0.3 is 0 Å². The molecule has 1 saturated heterocycles. The van der Waals surface area contributed by atoms with Crippen LogP contribution in [0.3, 0.4) is 0 Å². The highest BCUT2D eigenvalue weighted by Gasteiger charge is 2.21. The van der Waals surface area contributed by atoms with Gasteiger partial charge in [-0.05, 0) is 43.5 Å². The lowest BCUT2D eigenvalue weighted by Crippen LogP contribution is -2.33. The minimum atomic E-state index is -0.0576. The Morgan fingerprint density at radius 3 is 3.05 bits per heavy atom. The number of nitrogens with zero attached hydrogens (tertiary/aromatic N) is 1. The lowest BCUT2D eigenvalue weighted by molar-refractivity contribution is 0.0851. The van der Waals surface area contributed by atoms with E-state index in [1.54, 1.807) is 0 Å². The maximum Gasteiger partial charge on any atom is 0.268 e. The Labute approximate surface area is 129 Å². The molecule has 0 radical (unpaired) electrons. The van der Waals surface area contributed by atoms with Gasteiger partial charge in [-0.15, -0.1) is 0 Å². The number of amides is 1. The summed E-state index contributed by atoms with van der Waals surface area (Å²) >= 11 is 6.05. The Hall–Kier alpha value is -1.52. The summed E-state index contributed by atoms with van der Waals surface area (Å²) < 4.78 is 7.46. The molecule has 1 N–H and O–H groups in total. The predicted octanol–water partition coefficient (Wildman–Crippen LogP) is 3.05. The number of benzene rings is 1. The van der Waals surface area contributed by atoms with Crippen molar-refractivity contribution >= 4 is 28.4 Å². The first-order valence-electron chi connectivity index (χ1n) is 7.22. The van der Waals surface area contributed by atoms with Gasteiger partial charge in [0.1, 0.15) is 5.69 Å². The molecule has 1 aliphatic heterocycles. The number of hydrogen-bond donors (Lipinski definition) is 1. The van der Waals surface area contributed by atoms with Crippen LogP contribution in [0.1, 0.15) is 28.9 Å². The fourth-order valence-electron chi connectivity index (χ4n) is 3.02. The van der Waals surface area contributed by atoms with Crippen molar-refractivity contribution in [1.29, 1.82) is 0 Å². The number of aryl methyl sites for hydroxylation is 2. The fourth-order valence-corrected chi connectivity index (χ4v) is 3.19. The van der Waals surface area contributed by atoms with Crippen LogP contribution in [-0.2, 0) is 11.8 Å². The molecule has 1 unspecified atom stereocenters. The number of nitrogens with one attached hydrogen (secondary N) is 1. The van der Waals surface area contributed by atoms with Crippen molar-refractivity contribution in [3.05, 3.63) is 34.5 Å². The van der Waals surface area contributed by atoms with Gasteiger partial charge in [-0.1, -0.05) is 11.6 Å².